The van der Waals surface area contributed by atoms with Crippen molar-refractivity contribution < 1.29 is 5.11 Å². The van der Waals surface area contributed by atoms with E-state index >= 15 is 0 Å². The summed E-state index contributed by atoms with van der Waals surface area (Å²) in [4.78, 5) is 2.04. The number of aliphatic hydroxyl groups is 1. The van der Waals surface area contributed by atoms with Gasteiger partial charge in [0.25, 0.3) is 0 Å². The van der Waals surface area contributed by atoms with E-state index in [1.807, 2.05) is 30.1 Å². The summed E-state index contributed by atoms with van der Waals surface area (Å²) >= 11 is 0. The van der Waals surface area contributed by atoms with Gasteiger partial charge in [-0.15, -0.1) is 0 Å². The maximum absolute atomic E-state index is 9.18. The van der Waals surface area contributed by atoms with E-state index < -0.39 is 0 Å². The van der Waals surface area contributed by atoms with E-state index in [0.29, 0.717) is 5.56 Å². The number of nitriles is 1. The summed E-state index contributed by atoms with van der Waals surface area (Å²) < 4.78 is 0. The molecule has 0 fully saturated rings. The van der Waals surface area contributed by atoms with E-state index in [-0.39, 0.29) is 12.5 Å². The smallest absolute Gasteiger partial charge is 0.101 e. The summed E-state index contributed by atoms with van der Waals surface area (Å²) in [5, 5.41) is 18.1. The molecule has 1 N–H and O–H groups in total. The van der Waals surface area contributed by atoms with Gasteiger partial charge in [-0.3, -0.25) is 0 Å². The maximum Gasteiger partial charge on any atom is 0.101 e. The van der Waals surface area contributed by atoms with E-state index in [9.17, 15) is 5.11 Å². The van der Waals surface area contributed by atoms with Gasteiger partial charge in [0.1, 0.15) is 6.07 Å². The summed E-state index contributed by atoms with van der Waals surface area (Å²) in [5.41, 5.74) is 2.77. The molecule has 1 atom stereocenters. The van der Waals surface area contributed by atoms with Crippen molar-refractivity contribution >= 4 is 5.69 Å². The molecule has 1 aromatic carbocycles. The van der Waals surface area contributed by atoms with Gasteiger partial charge in [0.2, 0.25) is 0 Å². The summed E-state index contributed by atoms with van der Waals surface area (Å²) in [6, 6.07) is 7.85. The topological polar surface area (TPSA) is 47.3 Å². The fourth-order valence-electron chi connectivity index (χ4n) is 2.08. The van der Waals surface area contributed by atoms with Crippen LogP contribution in [0.25, 0.3) is 0 Å². The zero-order chi connectivity index (χ0) is 10.1. The number of nitrogens with zero attached hydrogens (tertiary/aromatic N) is 2. The van der Waals surface area contributed by atoms with Crippen molar-refractivity contribution in [1.82, 2.24) is 0 Å². The highest BCUT2D eigenvalue weighted by Crippen LogP contribution is 2.37. The zero-order valence-corrected chi connectivity index (χ0v) is 8.07. The Hall–Kier alpha value is -1.53. The molecule has 1 unspecified atom stereocenters. The van der Waals surface area contributed by atoms with E-state index in [2.05, 4.69) is 6.07 Å². The molecule has 3 nitrogen and oxygen atoms in total. The lowest BCUT2D eigenvalue weighted by molar-refractivity contribution is 0.271. The third kappa shape index (κ3) is 1.16. The van der Waals surface area contributed by atoms with Crippen LogP contribution in [0.4, 0.5) is 5.69 Å². The Bertz CT molecular complexity index is 395. The lowest BCUT2D eigenvalue weighted by atomic mass is 10.0. The zero-order valence-electron chi connectivity index (χ0n) is 8.07. The summed E-state index contributed by atoms with van der Waals surface area (Å²) in [6.07, 6.45) is 0. The molecule has 0 spiro atoms. The molecule has 1 heterocycles. The number of aliphatic hydroxyl groups excluding tert-OH is 1. The molecule has 0 aromatic heterocycles. The van der Waals surface area contributed by atoms with Gasteiger partial charge in [0.05, 0.1) is 17.9 Å². The van der Waals surface area contributed by atoms with Crippen LogP contribution in [0.15, 0.2) is 18.2 Å². The van der Waals surface area contributed by atoms with Crippen molar-refractivity contribution in [2.75, 3.05) is 25.1 Å². The number of para-hydroxylation sites is 1. The highest BCUT2D eigenvalue weighted by Gasteiger charge is 2.27. The van der Waals surface area contributed by atoms with Crippen LogP contribution in [0, 0.1) is 11.3 Å². The van der Waals surface area contributed by atoms with Gasteiger partial charge in [0, 0.05) is 19.5 Å². The summed E-state index contributed by atoms with van der Waals surface area (Å²) in [6.45, 7) is 0.941. The Kier molecular flexibility index (Phi) is 2.14. The lowest BCUT2D eigenvalue weighted by Gasteiger charge is -2.12. The van der Waals surface area contributed by atoms with Crippen LogP contribution in [0.3, 0.4) is 0 Å². The fraction of sp³-hybridized carbons (Fsp3) is 0.364. The molecule has 1 aromatic rings. The van der Waals surface area contributed by atoms with E-state index in [1.54, 1.807) is 0 Å². The van der Waals surface area contributed by atoms with Gasteiger partial charge in [0.15, 0.2) is 0 Å². The number of hydrogen-bond donors (Lipinski definition) is 1. The number of fused-ring (bicyclic) bond motifs is 1. The molecule has 0 amide bonds. The molecular weight excluding hydrogens is 176 g/mol. The van der Waals surface area contributed by atoms with Crippen LogP contribution in [0.5, 0.6) is 0 Å². The molecule has 3 heteroatoms. The van der Waals surface area contributed by atoms with Crippen LogP contribution in [-0.4, -0.2) is 25.3 Å². The van der Waals surface area contributed by atoms with Gasteiger partial charge >= 0.3 is 0 Å². The van der Waals surface area contributed by atoms with Crippen molar-refractivity contribution in [2.45, 2.75) is 5.92 Å². The van der Waals surface area contributed by atoms with Crippen LogP contribution in [-0.2, 0) is 0 Å². The molecule has 1 aliphatic heterocycles. The third-order valence-corrected chi connectivity index (χ3v) is 2.72. The molecule has 72 valence electrons. The van der Waals surface area contributed by atoms with Crippen molar-refractivity contribution in [3.8, 4) is 6.07 Å². The molecule has 0 saturated heterocycles. The Balaban J connectivity index is 2.56. The number of rotatable bonds is 1. The van der Waals surface area contributed by atoms with Crippen molar-refractivity contribution in [3.63, 3.8) is 0 Å². The first-order valence-electron chi connectivity index (χ1n) is 4.63. The van der Waals surface area contributed by atoms with E-state index in [0.717, 1.165) is 17.8 Å². The van der Waals surface area contributed by atoms with Gasteiger partial charge in [-0.2, -0.15) is 5.26 Å². The minimum Gasteiger partial charge on any atom is -0.396 e. The normalized spacial score (nSPS) is 19.2. The predicted octanol–water partition coefficient (Wildman–Crippen LogP) is 1.08. The molecule has 0 radical (unpaired) electrons. The minimum absolute atomic E-state index is 0.145. The van der Waals surface area contributed by atoms with Crippen molar-refractivity contribution in [3.05, 3.63) is 29.3 Å². The Morgan fingerprint density at radius 1 is 1.64 bits per heavy atom. The Morgan fingerprint density at radius 3 is 3.07 bits per heavy atom. The van der Waals surface area contributed by atoms with E-state index in [1.165, 1.54) is 0 Å². The predicted molar refractivity (Wildman–Crippen MR) is 54.3 cm³/mol. The summed E-state index contributed by atoms with van der Waals surface area (Å²) in [7, 11) is 1.95. The first-order valence-corrected chi connectivity index (χ1v) is 4.63. The average molecular weight is 188 g/mol. The average Bonchev–Trinajstić information content (AvgIpc) is 2.55. The van der Waals surface area contributed by atoms with Crippen molar-refractivity contribution in [1.29, 1.82) is 5.26 Å². The first-order chi connectivity index (χ1) is 6.77. The van der Waals surface area contributed by atoms with Gasteiger partial charge in [-0.25, -0.2) is 0 Å². The molecule has 2 rings (SSSR count). The molecule has 0 aliphatic carbocycles. The number of likely N-dealkylation sites (N-methyl/N-ethyl adjacent to an activating group) is 1. The fourth-order valence-corrected chi connectivity index (χ4v) is 2.08. The highest BCUT2D eigenvalue weighted by atomic mass is 16.3. The standard InChI is InChI=1S/C11H12N2O/c1-13-6-9(7-14)10-4-2-3-8(5-12)11(10)13/h2-4,9,14H,6-7H2,1H3. The lowest BCUT2D eigenvalue weighted by Crippen LogP contribution is -2.17. The molecule has 14 heavy (non-hydrogen) atoms. The maximum atomic E-state index is 9.18. The van der Waals surface area contributed by atoms with Gasteiger partial charge in [-0.05, 0) is 11.6 Å². The number of hydrogen-bond acceptors (Lipinski definition) is 3. The van der Waals surface area contributed by atoms with Gasteiger partial charge in [-0.1, -0.05) is 12.1 Å². The van der Waals surface area contributed by atoms with Crippen LogP contribution >= 0.6 is 0 Å². The Labute approximate surface area is 83.2 Å². The van der Waals surface area contributed by atoms with Crippen molar-refractivity contribution in [2.24, 2.45) is 0 Å². The second-order valence-electron chi connectivity index (χ2n) is 3.62. The molecule has 0 bridgehead atoms. The SMILES string of the molecule is CN1CC(CO)c2cccc(C#N)c21. The van der Waals surface area contributed by atoms with Crippen LogP contribution in [0.2, 0.25) is 0 Å². The quantitative estimate of drug-likeness (QED) is 0.717. The largest absolute Gasteiger partial charge is 0.396 e. The second-order valence-corrected chi connectivity index (χ2v) is 3.62. The van der Waals surface area contributed by atoms with Gasteiger partial charge < -0.3 is 10.0 Å². The van der Waals surface area contributed by atoms with E-state index in [4.69, 9.17) is 5.26 Å². The summed E-state index contributed by atoms with van der Waals surface area (Å²) in [5.74, 6) is 0.156. The number of anilines is 1. The molecule has 1 aliphatic rings. The third-order valence-electron chi connectivity index (χ3n) is 2.72. The molecular formula is C11H12N2O. The minimum atomic E-state index is 0.145. The highest BCUT2D eigenvalue weighted by molar-refractivity contribution is 5.68. The van der Waals surface area contributed by atoms with Crippen LogP contribution < -0.4 is 4.90 Å². The molecule has 0 saturated carbocycles. The van der Waals surface area contributed by atoms with Crippen LogP contribution in [0.1, 0.15) is 17.0 Å². The monoisotopic (exact) mass is 188 g/mol. The first kappa shape index (κ1) is 9.04. The Morgan fingerprint density at radius 2 is 2.43 bits per heavy atom. The second kappa shape index (κ2) is 3.32. The number of benzene rings is 1.